The molecule has 0 radical (unpaired) electrons. The number of fused-ring (bicyclic) bond motifs is 3. The second-order valence-corrected chi connectivity index (χ2v) is 7.09. The number of nitrogens with one attached hydrogen (secondary N) is 1. The van der Waals surface area contributed by atoms with Crippen LogP contribution < -0.4 is 10.1 Å². The number of methoxy groups -OCH3 is 1. The highest BCUT2D eigenvalue weighted by Gasteiger charge is 2.62. The molecule has 0 spiro atoms. The first kappa shape index (κ1) is 15.8. The van der Waals surface area contributed by atoms with Gasteiger partial charge in [-0.3, -0.25) is 9.59 Å². The van der Waals surface area contributed by atoms with Crippen LogP contribution in [-0.2, 0) is 16.1 Å². The molecule has 3 saturated heterocycles. The molecule has 1 aromatic rings. The molecular formula is C18H24N2O3. The van der Waals surface area contributed by atoms with Gasteiger partial charge in [-0.2, -0.15) is 0 Å². The van der Waals surface area contributed by atoms with Crippen molar-refractivity contribution in [3.63, 3.8) is 0 Å². The van der Waals surface area contributed by atoms with Crippen molar-refractivity contribution in [3.8, 4) is 5.75 Å². The number of carbonyl (C=O) groups excluding carboxylic acids is 2. The van der Waals surface area contributed by atoms with Crippen molar-refractivity contribution in [1.82, 2.24) is 10.2 Å². The largest absolute Gasteiger partial charge is 0.497 e. The van der Waals surface area contributed by atoms with E-state index < -0.39 is 11.1 Å². The third-order valence-corrected chi connectivity index (χ3v) is 5.54. The molecule has 3 fully saturated rings. The van der Waals surface area contributed by atoms with E-state index in [1.54, 1.807) is 12.0 Å². The number of rotatable bonds is 4. The molecule has 1 aromatic carbocycles. The zero-order valence-electron chi connectivity index (χ0n) is 14.2. The summed E-state index contributed by atoms with van der Waals surface area (Å²) in [4.78, 5) is 27.5. The molecule has 5 nitrogen and oxygen atoms in total. The van der Waals surface area contributed by atoms with Crippen LogP contribution in [-0.4, -0.2) is 34.9 Å². The van der Waals surface area contributed by atoms with Crippen LogP contribution in [0.1, 0.15) is 39.2 Å². The van der Waals surface area contributed by atoms with Crippen LogP contribution in [0.5, 0.6) is 5.75 Å². The summed E-state index contributed by atoms with van der Waals surface area (Å²) in [5.74, 6) is 0.854. The van der Waals surface area contributed by atoms with Crippen LogP contribution in [0.25, 0.3) is 0 Å². The fourth-order valence-electron chi connectivity index (χ4n) is 3.68. The fourth-order valence-corrected chi connectivity index (χ4v) is 3.68. The van der Waals surface area contributed by atoms with Gasteiger partial charge in [0.2, 0.25) is 11.8 Å². The summed E-state index contributed by atoms with van der Waals surface area (Å²) in [7, 11) is 1.62. The van der Waals surface area contributed by atoms with Crippen molar-refractivity contribution >= 4 is 11.8 Å². The highest BCUT2D eigenvalue weighted by atomic mass is 16.5. The van der Waals surface area contributed by atoms with Gasteiger partial charge >= 0.3 is 0 Å². The molecule has 2 atom stereocenters. The number of hydrogen-bond acceptors (Lipinski definition) is 3. The highest BCUT2D eigenvalue weighted by molar-refractivity contribution is 6.03. The number of benzene rings is 1. The van der Waals surface area contributed by atoms with E-state index in [1.165, 1.54) is 0 Å². The third-order valence-electron chi connectivity index (χ3n) is 5.54. The number of piperazine rings is 1. The highest BCUT2D eigenvalue weighted by Crippen LogP contribution is 2.43. The van der Waals surface area contributed by atoms with Crippen LogP contribution in [0, 0.1) is 5.92 Å². The molecule has 124 valence electrons. The molecule has 0 aliphatic carbocycles. The summed E-state index contributed by atoms with van der Waals surface area (Å²) in [5.41, 5.74) is -0.505. The zero-order valence-corrected chi connectivity index (χ0v) is 14.2. The molecule has 23 heavy (non-hydrogen) atoms. The standard InChI is InChI=1S/C18H24N2O3/c1-12(2)18-10-9-17(3,15(21)19-18)20(16(18)22)11-13-5-7-14(23-4)8-6-13/h5-8,12H,9-11H2,1-4H3,(H,19,21). The summed E-state index contributed by atoms with van der Waals surface area (Å²) in [6, 6.07) is 7.64. The average molecular weight is 316 g/mol. The topological polar surface area (TPSA) is 58.6 Å². The van der Waals surface area contributed by atoms with E-state index in [0.29, 0.717) is 19.4 Å². The number of piperidine rings is 2. The van der Waals surface area contributed by atoms with E-state index in [9.17, 15) is 9.59 Å². The van der Waals surface area contributed by atoms with Crippen LogP contribution in [0.2, 0.25) is 0 Å². The van der Waals surface area contributed by atoms with E-state index >= 15 is 0 Å². The molecule has 2 bridgehead atoms. The second kappa shape index (κ2) is 5.25. The minimum Gasteiger partial charge on any atom is -0.497 e. The lowest BCUT2D eigenvalue weighted by Crippen LogP contribution is -2.80. The first-order valence-electron chi connectivity index (χ1n) is 8.11. The maximum Gasteiger partial charge on any atom is 0.249 e. The molecule has 5 heteroatoms. The van der Waals surface area contributed by atoms with Gasteiger partial charge in [-0.15, -0.1) is 0 Å². The van der Waals surface area contributed by atoms with E-state index in [1.807, 2.05) is 45.0 Å². The Morgan fingerprint density at radius 2 is 1.87 bits per heavy atom. The van der Waals surface area contributed by atoms with Crippen molar-refractivity contribution < 1.29 is 14.3 Å². The van der Waals surface area contributed by atoms with Crippen molar-refractivity contribution in [2.45, 2.75) is 51.2 Å². The van der Waals surface area contributed by atoms with E-state index in [-0.39, 0.29) is 17.7 Å². The zero-order chi connectivity index (χ0) is 16.8. The summed E-state index contributed by atoms with van der Waals surface area (Å²) < 4.78 is 5.17. The minimum atomic E-state index is -0.756. The Morgan fingerprint density at radius 3 is 2.39 bits per heavy atom. The lowest BCUT2D eigenvalue weighted by molar-refractivity contribution is -0.175. The second-order valence-electron chi connectivity index (χ2n) is 7.09. The van der Waals surface area contributed by atoms with Crippen molar-refractivity contribution in [2.75, 3.05) is 7.11 Å². The van der Waals surface area contributed by atoms with Gasteiger partial charge in [0.25, 0.3) is 0 Å². The lowest BCUT2D eigenvalue weighted by Gasteiger charge is -2.58. The molecule has 4 rings (SSSR count). The number of nitrogens with zero attached hydrogens (tertiary/aromatic N) is 1. The molecule has 0 aromatic heterocycles. The monoisotopic (exact) mass is 316 g/mol. The van der Waals surface area contributed by atoms with Crippen LogP contribution in [0.15, 0.2) is 24.3 Å². The Bertz CT molecular complexity index is 640. The van der Waals surface area contributed by atoms with Crippen LogP contribution >= 0.6 is 0 Å². The van der Waals surface area contributed by atoms with Gasteiger partial charge in [0.05, 0.1) is 7.11 Å². The number of ether oxygens (including phenoxy) is 1. The molecule has 3 aliphatic heterocycles. The van der Waals surface area contributed by atoms with Gasteiger partial charge in [0.1, 0.15) is 16.8 Å². The molecule has 3 aliphatic rings. The smallest absolute Gasteiger partial charge is 0.249 e. The Kier molecular flexibility index (Phi) is 3.62. The Labute approximate surface area is 137 Å². The molecule has 2 unspecified atom stereocenters. The predicted octanol–water partition coefficient (Wildman–Crippen LogP) is 2.10. The Balaban J connectivity index is 1.93. The minimum absolute atomic E-state index is 0.0365. The fraction of sp³-hybridized carbons (Fsp3) is 0.556. The SMILES string of the molecule is COc1ccc(CN2C(=O)C3(C(C)C)CCC2(C)C(=O)N3)cc1. The first-order chi connectivity index (χ1) is 10.8. The number of carbonyl (C=O) groups is 2. The van der Waals surface area contributed by atoms with Crippen LogP contribution in [0.4, 0.5) is 0 Å². The normalized spacial score (nSPS) is 29.9. The quantitative estimate of drug-likeness (QED) is 0.925. The third kappa shape index (κ3) is 2.21. The summed E-state index contributed by atoms with van der Waals surface area (Å²) >= 11 is 0. The maximum absolute atomic E-state index is 13.1. The number of hydrogen-bond donors (Lipinski definition) is 1. The summed E-state index contributed by atoms with van der Waals surface area (Å²) in [6.07, 6.45) is 1.42. The maximum atomic E-state index is 13.1. The van der Waals surface area contributed by atoms with Crippen molar-refractivity contribution in [1.29, 1.82) is 0 Å². The van der Waals surface area contributed by atoms with Gasteiger partial charge in [0, 0.05) is 6.54 Å². The van der Waals surface area contributed by atoms with E-state index in [2.05, 4.69) is 5.32 Å². The number of amides is 2. The van der Waals surface area contributed by atoms with Gasteiger partial charge in [-0.25, -0.2) is 0 Å². The predicted molar refractivity (Wildman–Crippen MR) is 86.9 cm³/mol. The molecular weight excluding hydrogens is 292 g/mol. The molecule has 1 N–H and O–H groups in total. The lowest BCUT2D eigenvalue weighted by atomic mass is 9.68. The van der Waals surface area contributed by atoms with Gasteiger partial charge in [0.15, 0.2) is 0 Å². The van der Waals surface area contributed by atoms with Crippen LogP contribution in [0.3, 0.4) is 0 Å². The van der Waals surface area contributed by atoms with Crippen molar-refractivity contribution in [3.05, 3.63) is 29.8 Å². The Hall–Kier alpha value is -2.04. The first-order valence-corrected chi connectivity index (χ1v) is 8.11. The van der Waals surface area contributed by atoms with E-state index in [4.69, 9.17) is 4.74 Å². The van der Waals surface area contributed by atoms with Gasteiger partial charge < -0.3 is 15.0 Å². The average Bonchev–Trinajstić information content (AvgIpc) is 2.53. The summed E-state index contributed by atoms with van der Waals surface area (Å²) in [5, 5.41) is 3.00. The molecule has 2 amide bonds. The van der Waals surface area contributed by atoms with Gasteiger partial charge in [-0.1, -0.05) is 26.0 Å². The van der Waals surface area contributed by atoms with E-state index in [0.717, 1.165) is 11.3 Å². The molecule has 0 saturated carbocycles. The molecule has 3 heterocycles. The van der Waals surface area contributed by atoms with Crippen molar-refractivity contribution in [2.24, 2.45) is 5.92 Å². The van der Waals surface area contributed by atoms with Gasteiger partial charge in [-0.05, 0) is 43.4 Å². The summed E-state index contributed by atoms with van der Waals surface area (Å²) in [6.45, 7) is 6.31. The Morgan fingerprint density at radius 1 is 1.22 bits per heavy atom.